The molecule has 2 atom stereocenters. The number of pyridine rings is 1. The van der Waals surface area contributed by atoms with E-state index in [0.717, 1.165) is 11.1 Å². The van der Waals surface area contributed by atoms with E-state index in [9.17, 15) is 14.0 Å². The average molecular weight is 371 g/mol. The molecule has 0 saturated carbocycles. The molecule has 1 aromatic carbocycles. The summed E-state index contributed by atoms with van der Waals surface area (Å²) >= 11 is 0. The van der Waals surface area contributed by atoms with E-state index >= 15 is 0 Å². The number of cyclic esters (lactones) is 1. The maximum absolute atomic E-state index is 13.4. The number of anilines is 2. The van der Waals surface area contributed by atoms with Crippen molar-refractivity contribution in [1.29, 1.82) is 0 Å². The van der Waals surface area contributed by atoms with E-state index < -0.39 is 24.3 Å². The van der Waals surface area contributed by atoms with Crippen molar-refractivity contribution in [2.24, 2.45) is 0 Å². The summed E-state index contributed by atoms with van der Waals surface area (Å²) in [4.78, 5) is 30.7. The van der Waals surface area contributed by atoms with E-state index in [1.54, 1.807) is 24.4 Å². The third kappa shape index (κ3) is 3.23. The van der Waals surface area contributed by atoms with Gasteiger partial charge in [-0.05, 0) is 29.8 Å². The molecule has 2 aromatic rings. The molecule has 2 amide bonds. The lowest BCUT2D eigenvalue weighted by Gasteiger charge is -2.15. The third-order valence-corrected chi connectivity index (χ3v) is 4.75. The first-order valence-electron chi connectivity index (χ1n) is 8.68. The lowest BCUT2D eigenvalue weighted by molar-refractivity contribution is -0.121. The molecule has 1 N–H and O–H groups in total. The zero-order valence-electron chi connectivity index (χ0n) is 14.4. The van der Waals surface area contributed by atoms with Crippen LogP contribution in [0.25, 0.3) is 11.1 Å². The Morgan fingerprint density at radius 2 is 1.85 bits per heavy atom. The Morgan fingerprint density at radius 3 is 2.41 bits per heavy atom. The van der Waals surface area contributed by atoms with Crippen molar-refractivity contribution in [2.45, 2.75) is 18.7 Å². The highest BCUT2D eigenvalue weighted by Crippen LogP contribution is 2.28. The summed E-state index contributed by atoms with van der Waals surface area (Å²) in [6.07, 6.45) is -0.600. The monoisotopic (exact) mass is 371 g/mol. The third-order valence-electron chi connectivity index (χ3n) is 4.75. The lowest BCUT2D eigenvalue weighted by Crippen LogP contribution is -2.28. The van der Waals surface area contributed by atoms with Gasteiger partial charge in [0.1, 0.15) is 11.9 Å². The Balaban J connectivity index is 1.49. The number of benzene rings is 1. The van der Waals surface area contributed by atoms with E-state index in [-0.39, 0.29) is 13.0 Å². The molecule has 7 nitrogen and oxygen atoms in total. The molecule has 3 heterocycles. The standard InChI is InChI=1S/C19H18FN3O4/c20-16-7-8-22(18(16)25)17-6-3-13(9-21-17)12-1-4-14(5-2-12)23-10-15(11-24)27-19(23)26/h1-6,9,15-16,24H,7-8,10-11H2/t15-,16?/m1/s1. The molecular weight excluding hydrogens is 353 g/mol. The van der Waals surface area contributed by atoms with Crippen molar-refractivity contribution in [2.75, 3.05) is 29.5 Å². The van der Waals surface area contributed by atoms with Gasteiger partial charge in [0.25, 0.3) is 5.91 Å². The molecule has 0 radical (unpaired) electrons. The molecule has 8 heteroatoms. The smallest absolute Gasteiger partial charge is 0.414 e. The maximum atomic E-state index is 13.4. The molecule has 0 spiro atoms. The Bertz CT molecular complexity index is 856. The maximum Gasteiger partial charge on any atom is 0.414 e. The molecule has 2 aliphatic rings. The number of alkyl halides is 1. The highest BCUT2D eigenvalue weighted by atomic mass is 19.1. The number of aromatic nitrogens is 1. The first-order chi connectivity index (χ1) is 13.1. The highest BCUT2D eigenvalue weighted by molar-refractivity contribution is 5.98. The zero-order chi connectivity index (χ0) is 19.0. The number of ether oxygens (including phenoxy) is 1. The second kappa shape index (κ2) is 6.96. The van der Waals surface area contributed by atoms with Crippen molar-refractivity contribution in [1.82, 2.24) is 4.98 Å². The molecule has 140 valence electrons. The van der Waals surface area contributed by atoms with E-state index in [0.29, 0.717) is 24.6 Å². The van der Waals surface area contributed by atoms with Crippen LogP contribution >= 0.6 is 0 Å². The molecule has 4 rings (SSSR count). The van der Waals surface area contributed by atoms with Gasteiger partial charge >= 0.3 is 6.09 Å². The van der Waals surface area contributed by atoms with Crippen LogP contribution in [-0.4, -0.2) is 54.1 Å². The summed E-state index contributed by atoms with van der Waals surface area (Å²) < 4.78 is 18.4. The lowest BCUT2D eigenvalue weighted by atomic mass is 10.1. The average Bonchev–Trinajstić information content (AvgIpc) is 3.24. The van der Waals surface area contributed by atoms with E-state index in [1.165, 1.54) is 9.80 Å². The number of rotatable bonds is 4. The second-order valence-electron chi connectivity index (χ2n) is 6.50. The fraction of sp³-hybridized carbons (Fsp3) is 0.316. The number of nitrogens with zero attached hydrogens (tertiary/aromatic N) is 3. The number of hydrogen-bond donors (Lipinski definition) is 1. The fourth-order valence-corrected chi connectivity index (χ4v) is 3.25. The van der Waals surface area contributed by atoms with E-state index in [2.05, 4.69) is 4.98 Å². The van der Waals surface area contributed by atoms with Gasteiger partial charge in [0, 0.05) is 30.4 Å². The molecule has 2 fully saturated rings. The summed E-state index contributed by atoms with van der Waals surface area (Å²) in [5, 5.41) is 9.12. The van der Waals surface area contributed by atoms with Crippen LogP contribution in [0.5, 0.6) is 0 Å². The van der Waals surface area contributed by atoms with Crippen LogP contribution in [0, 0.1) is 0 Å². The summed E-state index contributed by atoms with van der Waals surface area (Å²) in [5.74, 6) is -0.103. The van der Waals surface area contributed by atoms with E-state index in [1.807, 2.05) is 18.2 Å². The normalized spacial score (nSPS) is 22.4. The second-order valence-corrected chi connectivity index (χ2v) is 6.50. The van der Waals surface area contributed by atoms with Gasteiger partial charge in [-0.25, -0.2) is 14.2 Å². The van der Waals surface area contributed by atoms with Gasteiger partial charge in [-0.1, -0.05) is 12.1 Å². The summed E-state index contributed by atoms with van der Waals surface area (Å²) in [7, 11) is 0. The quantitative estimate of drug-likeness (QED) is 0.890. The number of halogens is 1. The number of aliphatic hydroxyl groups is 1. The summed E-state index contributed by atoms with van der Waals surface area (Å²) in [6.45, 7) is 0.438. The largest absolute Gasteiger partial charge is 0.441 e. The number of amides is 2. The van der Waals surface area contributed by atoms with Crippen LogP contribution in [0.4, 0.5) is 20.7 Å². The van der Waals surface area contributed by atoms with Crippen molar-refractivity contribution >= 4 is 23.5 Å². The van der Waals surface area contributed by atoms with Gasteiger partial charge in [-0.3, -0.25) is 14.6 Å². The topological polar surface area (TPSA) is 83.0 Å². The minimum Gasteiger partial charge on any atom is -0.441 e. The highest BCUT2D eigenvalue weighted by Gasteiger charge is 2.33. The predicted octanol–water partition coefficient (Wildman–Crippen LogP) is 2.14. The fourth-order valence-electron chi connectivity index (χ4n) is 3.25. The van der Waals surface area contributed by atoms with Crippen LogP contribution in [-0.2, 0) is 9.53 Å². The van der Waals surface area contributed by atoms with Crippen LogP contribution < -0.4 is 9.80 Å². The van der Waals surface area contributed by atoms with Gasteiger partial charge in [0.05, 0.1) is 13.2 Å². The summed E-state index contributed by atoms with van der Waals surface area (Å²) in [6, 6.07) is 10.8. The molecule has 0 bridgehead atoms. The van der Waals surface area contributed by atoms with Crippen molar-refractivity contribution in [3.63, 3.8) is 0 Å². The Kier molecular flexibility index (Phi) is 4.49. The van der Waals surface area contributed by atoms with Gasteiger partial charge < -0.3 is 9.84 Å². The van der Waals surface area contributed by atoms with Gasteiger partial charge in [-0.15, -0.1) is 0 Å². The molecule has 2 saturated heterocycles. The molecule has 0 aliphatic carbocycles. The predicted molar refractivity (Wildman–Crippen MR) is 96.2 cm³/mol. The number of aliphatic hydroxyl groups excluding tert-OH is 1. The Labute approximate surface area is 155 Å². The molecule has 1 unspecified atom stereocenters. The van der Waals surface area contributed by atoms with Crippen molar-refractivity contribution < 1.29 is 23.8 Å². The minimum absolute atomic E-state index is 0.194. The minimum atomic E-state index is -1.44. The van der Waals surface area contributed by atoms with Crippen LogP contribution in [0.3, 0.4) is 0 Å². The van der Waals surface area contributed by atoms with Crippen LogP contribution in [0.15, 0.2) is 42.6 Å². The SMILES string of the molecule is O=C1O[C@@H](CO)CN1c1ccc(-c2ccc(N3CCC(F)C3=O)nc2)cc1. The van der Waals surface area contributed by atoms with Gasteiger partial charge in [0.15, 0.2) is 6.17 Å². The molecular formula is C19H18FN3O4. The summed E-state index contributed by atoms with van der Waals surface area (Å²) in [5.41, 5.74) is 2.41. The van der Waals surface area contributed by atoms with Crippen molar-refractivity contribution in [3.8, 4) is 11.1 Å². The van der Waals surface area contributed by atoms with Crippen LogP contribution in [0.1, 0.15) is 6.42 Å². The first kappa shape index (κ1) is 17.4. The zero-order valence-corrected chi connectivity index (χ0v) is 14.4. The first-order valence-corrected chi connectivity index (χ1v) is 8.68. The van der Waals surface area contributed by atoms with Gasteiger partial charge in [0.2, 0.25) is 0 Å². The molecule has 2 aliphatic heterocycles. The number of carbonyl (C=O) groups is 2. The van der Waals surface area contributed by atoms with Crippen LogP contribution in [0.2, 0.25) is 0 Å². The Morgan fingerprint density at radius 1 is 1.11 bits per heavy atom. The molecule has 27 heavy (non-hydrogen) atoms. The number of carbonyl (C=O) groups excluding carboxylic acids is 2. The Hall–Kier alpha value is -3.00. The number of hydrogen-bond acceptors (Lipinski definition) is 5. The molecule has 1 aromatic heterocycles. The van der Waals surface area contributed by atoms with E-state index in [4.69, 9.17) is 9.84 Å². The van der Waals surface area contributed by atoms with Crippen molar-refractivity contribution in [3.05, 3.63) is 42.6 Å². The van der Waals surface area contributed by atoms with Gasteiger partial charge in [-0.2, -0.15) is 0 Å².